The Bertz CT molecular complexity index is 1250. The number of carbonyl (C=O) groups excluding carboxylic acids is 1. The van der Waals surface area contributed by atoms with Crippen LogP contribution in [0.4, 0.5) is 0 Å². The van der Waals surface area contributed by atoms with E-state index in [1.807, 2.05) is 42.5 Å². The Labute approximate surface area is 193 Å². The van der Waals surface area contributed by atoms with E-state index < -0.39 is 0 Å². The van der Waals surface area contributed by atoms with Crippen LogP contribution in [0.1, 0.15) is 42.0 Å². The number of ether oxygens (including phenoxy) is 1. The maximum atomic E-state index is 12.9. The molecule has 0 bridgehead atoms. The van der Waals surface area contributed by atoms with Crippen LogP contribution in [-0.2, 0) is 16.0 Å². The van der Waals surface area contributed by atoms with Gasteiger partial charge in [0, 0.05) is 11.3 Å². The molecule has 0 radical (unpaired) electrons. The second-order valence-corrected chi connectivity index (χ2v) is 8.38. The van der Waals surface area contributed by atoms with Crippen LogP contribution in [0, 0.1) is 0 Å². The molecule has 1 amide bonds. The number of hydrogen-bond donors (Lipinski definition) is 2. The van der Waals surface area contributed by atoms with Gasteiger partial charge in [-0.3, -0.25) is 9.78 Å². The highest BCUT2D eigenvalue weighted by Gasteiger charge is 2.30. The summed E-state index contributed by atoms with van der Waals surface area (Å²) in [5.74, 6) is 0.332. The summed E-state index contributed by atoms with van der Waals surface area (Å²) in [4.78, 5) is 18.0. The molecule has 1 unspecified atom stereocenters. The molecule has 0 fully saturated rings. The molecule has 3 aliphatic rings. The molecule has 0 saturated heterocycles. The Morgan fingerprint density at radius 3 is 2.82 bits per heavy atom. The molecule has 5 rings (SSSR count). The molecule has 33 heavy (non-hydrogen) atoms. The number of methoxy groups -OCH3 is 1. The standard InChI is InChI=1S/C28H26N2O3/c1-33-26-14-8-11-19(15-25(26)31)21-16-24(18-9-4-2-5-10-18)30-28-20-12-6-3-7-13-23(20)29-27(32)17-22(21)28/h2,4-6,8-10,12-16,20,31H,3,7,11,17H2,1H3,(H,29,32). The second kappa shape index (κ2) is 8.94. The molecule has 0 saturated carbocycles. The van der Waals surface area contributed by atoms with Crippen molar-refractivity contribution in [2.45, 2.75) is 31.6 Å². The van der Waals surface area contributed by atoms with Crippen molar-refractivity contribution in [1.29, 1.82) is 0 Å². The maximum absolute atomic E-state index is 12.9. The van der Waals surface area contributed by atoms with Gasteiger partial charge in [0.2, 0.25) is 5.91 Å². The lowest BCUT2D eigenvalue weighted by Crippen LogP contribution is -2.24. The smallest absolute Gasteiger partial charge is 0.228 e. The molecule has 2 N–H and O–H groups in total. The van der Waals surface area contributed by atoms with E-state index in [9.17, 15) is 9.90 Å². The fraction of sp³-hybridized carbons (Fsp3) is 0.214. The first-order chi connectivity index (χ1) is 16.1. The Kier molecular flexibility index (Phi) is 5.69. The number of aliphatic hydroxyl groups is 1. The van der Waals surface area contributed by atoms with Crippen LogP contribution in [-0.4, -0.2) is 23.1 Å². The summed E-state index contributed by atoms with van der Waals surface area (Å²) in [7, 11) is 1.54. The van der Waals surface area contributed by atoms with Crippen molar-refractivity contribution in [1.82, 2.24) is 10.3 Å². The van der Waals surface area contributed by atoms with E-state index in [0.29, 0.717) is 12.2 Å². The van der Waals surface area contributed by atoms with Gasteiger partial charge in [-0.2, -0.15) is 0 Å². The van der Waals surface area contributed by atoms with Gasteiger partial charge in [0.05, 0.1) is 30.8 Å². The molecular weight excluding hydrogens is 412 g/mol. The van der Waals surface area contributed by atoms with E-state index in [1.165, 1.54) is 7.11 Å². The third kappa shape index (κ3) is 4.14. The van der Waals surface area contributed by atoms with E-state index >= 15 is 0 Å². The third-order valence-electron chi connectivity index (χ3n) is 6.24. The monoisotopic (exact) mass is 438 g/mol. The SMILES string of the molecule is COC1=C(O)C=C(c2cc(-c3ccccc3)nc3c2CC(=O)NC2=CCCC=CC23)CC=C1. The first-order valence-corrected chi connectivity index (χ1v) is 11.2. The van der Waals surface area contributed by atoms with Crippen LogP contribution in [0.25, 0.3) is 16.8 Å². The van der Waals surface area contributed by atoms with Gasteiger partial charge >= 0.3 is 0 Å². The number of nitrogens with one attached hydrogen (secondary N) is 1. The zero-order chi connectivity index (χ0) is 22.8. The number of aliphatic hydroxyl groups excluding tert-OH is 1. The average Bonchev–Trinajstić information content (AvgIpc) is 3.22. The highest BCUT2D eigenvalue weighted by molar-refractivity contribution is 5.86. The van der Waals surface area contributed by atoms with Gasteiger partial charge in [0.15, 0.2) is 11.5 Å². The fourth-order valence-electron chi connectivity index (χ4n) is 4.64. The quantitative estimate of drug-likeness (QED) is 0.621. The molecule has 0 spiro atoms. The predicted octanol–water partition coefficient (Wildman–Crippen LogP) is 5.50. The van der Waals surface area contributed by atoms with Crippen molar-refractivity contribution in [2.24, 2.45) is 0 Å². The minimum atomic E-state index is -0.114. The first-order valence-electron chi connectivity index (χ1n) is 11.2. The summed E-state index contributed by atoms with van der Waals surface area (Å²) < 4.78 is 5.30. The van der Waals surface area contributed by atoms with Crippen molar-refractivity contribution in [2.75, 3.05) is 7.11 Å². The van der Waals surface area contributed by atoms with Gasteiger partial charge in [0.25, 0.3) is 0 Å². The van der Waals surface area contributed by atoms with Gasteiger partial charge in [-0.05, 0) is 54.2 Å². The van der Waals surface area contributed by atoms with Gasteiger partial charge < -0.3 is 15.2 Å². The minimum Gasteiger partial charge on any atom is -0.504 e. The lowest BCUT2D eigenvalue weighted by atomic mass is 9.88. The predicted molar refractivity (Wildman–Crippen MR) is 129 cm³/mol. The number of hydrogen-bond acceptors (Lipinski definition) is 4. The molecule has 1 aromatic carbocycles. The summed E-state index contributed by atoms with van der Waals surface area (Å²) in [5.41, 5.74) is 6.40. The van der Waals surface area contributed by atoms with Crippen LogP contribution in [0.2, 0.25) is 0 Å². The lowest BCUT2D eigenvalue weighted by molar-refractivity contribution is -0.119. The lowest BCUT2D eigenvalue weighted by Gasteiger charge is -2.20. The first kappa shape index (κ1) is 21.0. The topological polar surface area (TPSA) is 71.5 Å². The second-order valence-electron chi connectivity index (χ2n) is 8.38. The maximum Gasteiger partial charge on any atom is 0.228 e. The van der Waals surface area contributed by atoms with Gasteiger partial charge in [-0.15, -0.1) is 0 Å². The van der Waals surface area contributed by atoms with Crippen molar-refractivity contribution in [3.05, 3.63) is 107 Å². The molecular formula is C28H26N2O3. The number of amides is 1. The molecule has 5 heteroatoms. The number of carbonyl (C=O) groups is 1. The number of aromatic nitrogens is 1. The van der Waals surface area contributed by atoms with Crippen LogP contribution in [0.15, 0.2) is 90.1 Å². The Balaban J connectivity index is 1.78. The van der Waals surface area contributed by atoms with E-state index in [1.54, 1.807) is 12.2 Å². The Morgan fingerprint density at radius 2 is 2.00 bits per heavy atom. The number of allylic oxidation sites excluding steroid dienone is 7. The molecule has 2 aromatic rings. The Morgan fingerprint density at radius 1 is 1.15 bits per heavy atom. The molecule has 1 aliphatic heterocycles. The largest absolute Gasteiger partial charge is 0.504 e. The van der Waals surface area contributed by atoms with Crippen molar-refractivity contribution >= 4 is 11.5 Å². The molecule has 2 heterocycles. The zero-order valence-corrected chi connectivity index (χ0v) is 18.5. The minimum absolute atomic E-state index is 0.0436. The summed E-state index contributed by atoms with van der Waals surface area (Å²) in [6.45, 7) is 0. The van der Waals surface area contributed by atoms with Crippen molar-refractivity contribution < 1.29 is 14.6 Å². The van der Waals surface area contributed by atoms with Crippen molar-refractivity contribution in [3.8, 4) is 11.3 Å². The molecule has 166 valence electrons. The number of benzene rings is 1. The van der Waals surface area contributed by atoms with E-state index in [4.69, 9.17) is 9.72 Å². The van der Waals surface area contributed by atoms with E-state index in [2.05, 4.69) is 23.5 Å². The van der Waals surface area contributed by atoms with E-state index in [0.717, 1.165) is 52.2 Å². The highest BCUT2D eigenvalue weighted by atomic mass is 16.5. The molecule has 1 atom stereocenters. The van der Waals surface area contributed by atoms with Crippen molar-refractivity contribution in [3.63, 3.8) is 0 Å². The summed E-state index contributed by atoms with van der Waals surface area (Å²) in [6.07, 6.45) is 14.6. The summed E-state index contributed by atoms with van der Waals surface area (Å²) in [5, 5.41) is 13.7. The van der Waals surface area contributed by atoms with Crippen LogP contribution >= 0.6 is 0 Å². The van der Waals surface area contributed by atoms with Gasteiger partial charge in [-0.1, -0.05) is 54.6 Å². The molecule has 5 nitrogen and oxygen atoms in total. The fourth-order valence-corrected chi connectivity index (χ4v) is 4.64. The number of pyridine rings is 1. The normalized spacial score (nSPS) is 19.9. The zero-order valence-electron chi connectivity index (χ0n) is 18.5. The average molecular weight is 439 g/mol. The third-order valence-corrected chi connectivity index (χ3v) is 6.24. The number of rotatable bonds is 3. The summed E-state index contributed by atoms with van der Waals surface area (Å²) >= 11 is 0. The van der Waals surface area contributed by atoms with Crippen LogP contribution in [0.5, 0.6) is 0 Å². The summed E-state index contributed by atoms with van der Waals surface area (Å²) in [6, 6.07) is 12.1. The number of nitrogens with zero attached hydrogens (tertiary/aromatic N) is 1. The Hall–Kier alpha value is -3.86. The van der Waals surface area contributed by atoms with Gasteiger partial charge in [-0.25, -0.2) is 0 Å². The van der Waals surface area contributed by atoms with Crippen LogP contribution in [0.3, 0.4) is 0 Å². The number of fused-ring (bicyclic) bond motifs is 3. The van der Waals surface area contributed by atoms with Crippen LogP contribution < -0.4 is 5.32 Å². The molecule has 2 aliphatic carbocycles. The highest BCUT2D eigenvalue weighted by Crippen LogP contribution is 2.38. The molecule has 1 aromatic heterocycles. The van der Waals surface area contributed by atoms with E-state index in [-0.39, 0.29) is 24.0 Å². The van der Waals surface area contributed by atoms with Gasteiger partial charge in [0.1, 0.15) is 0 Å².